The Morgan fingerprint density at radius 3 is 1.98 bits per heavy atom. The van der Waals surface area contributed by atoms with Gasteiger partial charge in [0.2, 0.25) is 0 Å². The number of hydrogen-bond acceptors (Lipinski definition) is 5. The van der Waals surface area contributed by atoms with Crippen molar-refractivity contribution in [1.29, 1.82) is 0 Å². The smallest absolute Gasteiger partial charge is 0.168 e. The van der Waals surface area contributed by atoms with Gasteiger partial charge in [0.15, 0.2) is 8.24 Å². The van der Waals surface area contributed by atoms with Crippen LogP contribution < -0.4 is 0 Å². The molecular formula is C33H47NO5Si. The Bertz CT molecular complexity index is 1160. The zero-order valence-electron chi connectivity index (χ0n) is 24.9. The molecule has 1 fully saturated rings. The van der Waals surface area contributed by atoms with E-state index in [1.165, 1.54) is 0 Å². The lowest BCUT2D eigenvalue weighted by Crippen LogP contribution is -2.51. The van der Waals surface area contributed by atoms with Crippen LogP contribution in [0.3, 0.4) is 0 Å². The summed E-state index contributed by atoms with van der Waals surface area (Å²) in [5, 5.41) is 23.4. The maximum Gasteiger partial charge on any atom is 0.168 e. The van der Waals surface area contributed by atoms with Crippen LogP contribution in [0.1, 0.15) is 64.3 Å². The number of benzene rings is 2. The largest absolute Gasteiger partial charge is 0.386 e. The van der Waals surface area contributed by atoms with E-state index in [1.807, 2.05) is 66.7 Å². The van der Waals surface area contributed by atoms with E-state index in [4.69, 9.17) is 14.2 Å². The number of aliphatic hydroxyl groups is 2. The van der Waals surface area contributed by atoms with Gasteiger partial charge in [-0.05, 0) is 40.0 Å². The van der Waals surface area contributed by atoms with E-state index in [9.17, 15) is 10.2 Å². The molecule has 0 aliphatic carbocycles. The highest BCUT2D eigenvalue weighted by atomic mass is 28.3. The predicted octanol–water partition coefficient (Wildman–Crippen LogP) is 6.48. The fraction of sp³-hybridized carbons (Fsp3) is 0.515. The van der Waals surface area contributed by atoms with Crippen LogP contribution in [0.5, 0.6) is 0 Å². The molecule has 0 amide bonds. The summed E-state index contributed by atoms with van der Waals surface area (Å²) in [5.41, 5.74) is 2.99. The molecule has 218 valence electrons. The monoisotopic (exact) mass is 565 g/mol. The second-order valence-corrected chi connectivity index (χ2v) is 18.0. The second kappa shape index (κ2) is 13.1. The fourth-order valence-corrected chi connectivity index (χ4v) is 13.4. The summed E-state index contributed by atoms with van der Waals surface area (Å²) < 4.78 is 20.8. The Labute approximate surface area is 241 Å². The van der Waals surface area contributed by atoms with E-state index >= 15 is 0 Å². The molecular weight excluding hydrogens is 518 g/mol. The Kier molecular flexibility index (Phi) is 10.1. The summed E-state index contributed by atoms with van der Waals surface area (Å²) in [5.74, 6) is 0. The minimum absolute atomic E-state index is 0.0202. The minimum atomic E-state index is -1.96. The molecule has 40 heavy (non-hydrogen) atoms. The standard InChI is InChI=1S/C33H47NO5Si/c1-24(2)40(25(3)4,26(5)6)34-18-17-29(19-34)30(35)31-32(38-21-28-15-11-8-12-16-28)33(36,23-39-31)22-37-20-27-13-9-7-10-14-27/h7-19,24-26,30-32,35-36H,20-23H2,1-6H3/t30-,31-,32-,33-/m0/s1. The number of ether oxygens (including phenoxy) is 3. The molecule has 0 bridgehead atoms. The van der Waals surface area contributed by atoms with E-state index in [0.717, 1.165) is 16.7 Å². The van der Waals surface area contributed by atoms with Gasteiger partial charge >= 0.3 is 0 Å². The van der Waals surface area contributed by atoms with Gasteiger partial charge in [-0.3, -0.25) is 0 Å². The molecule has 2 N–H and O–H groups in total. The summed E-state index contributed by atoms with van der Waals surface area (Å²) in [7, 11) is -1.96. The molecule has 0 spiro atoms. The number of aliphatic hydroxyl groups excluding tert-OH is 1. The predicted molar refractivity (Wildman–Crippen MR) is 162 cm³/mol. The van der Waals surface area contributed by atoms with Gasteiger partial charge in [-0.2, -0.15) is 0 Å². The first-order chi connectivity index (χ1) is 19.1. The zero-order chi connectivity index (χ0) is 28.9. The Hall–Kier alpha value is -2.26. The van der Waals surface area contributed by atoms with Crippen molar-refractivity contribution in [2.45, 2.75) is 95.3 Å². The lowest BCUT2D eigenvalue weighted by atomic mass is 9.92. The molecule has 1 aliphatic rings. The molecule has 4 rings (SSSR count). The van der Waals surface area contributed by atoms with Crippen molar-refractivity contribution in [3.8, 4) is 0 Å². The highest BCUT2D eigenvalue weighted by Crippen LogP contribution is 2.44. The molecule has 1 aliphatic heterocycles. The van der Waals surface area contributed by atoms with Crippen LogP contribution in [0.25, 0.3) is 0 Å². The molecule has 4 atom stereocenters. The Morgan fingerprint density at radius 1 is 0.875 bits per heavy atom. The van der Waals surface area contributed by atoms with E-state index in [-0.39, 0.29) is 13.2 Å². The van der Waals surface area contributed by atoms with Gasteiger partial charge in [0.05, 0.1) is 26.4 Å². The Morgan fingerprint density at radius 2 is 1.43 bits per heavy atom. The maximum atomic E-state index is 11.7. The SMILES string of the molecule is CC(C)[Si](C(C)C)(C(C)C)n1ccc([C@H](O)[C@@H]2OC[C@@](O)(COCc3ccccc3)[C@H]2OCc2ccccc2)c1. The molecule has 7 heteroatoms. The van der Waals surface area contributed by atoms with Crippen LogP contribution >= 0.6 is 0 Å². The third-order valence-electron chi connectivity index (χ3n) is 8.68. The van der Waals surface area contributed by atoms with E-state index in [1.54, 1.807) is 0 Å². The molecule has 0 saturated carbocycles. The highest BCUT2D eigenvalue weighted by molar-refractivity contribution is 6.82. The van der Waals surface area contributed by atoms with Gasteiger partial charge in [-0.15, -0.1) is 0 Å². The van der Waals surface area contributed by atoms with Gasteiger partial charge in [0, 0.05) is 11.8 Å². The molecule has 6 nitrogen and oxygen atoms in total. The lowest BCUT2D eigenvalue weighted by Gasteiger charge is -2.44. The van der Waals surface area contributed by atoms with E-state index < -0.39 is 32.1 Å². The Balaban J connectivity index is 1.57. The number of nitrogens with zero attached hydrogens (tertiary/aromatic N) is 1. The first kappa shape index (κ1) is 30.7. The average Bonchev–Trinajstić information content (AvgIpc) is 3.53. The van der Waals surface area contributed by atoms with Crippen molar-refractivity contribution in [3.63, 3.8) is 0 Å². The molecule has 2 aromatic carbocycles. The van der Waals surface area contributed by atoms with Crippen LogP contribution in [-0.4, -0.2) is 53.7 Å². The van der Waals surface area contributed by atoms with Crippen LogP contribution in [0.4, 0.5) is 0 Å². The lowest BCUT2D eigenvalue weighted by molar-refractivity contribution is -0.141. The van der Waals surface area contributed by atoms with Gasteiger partial charge in [-0.1, -0.05) is 102 Å². The number of aromatic nitrogens is 1. The average molecular weight is 566 g/mol. The molecule has 1 aromatic heterocycles. The second-order valence-electron chi connectivity index (χ2n) is 12.2. The summed E-state index contributed by atoms with van der Waals surface area (Å²) in [6, 6.07) is 21.7. The van der Waals surface area contributed by atoms with Crippen LogP contribution in [-0.2, 0) is 27.4 Å². The third kappa shape index (κ3) is 6.30. The quantitative estimate of drug-likeness (QED) is 0.232. The van der Waals surface area contributed by atoms with Gasteiger partial charge < -0.3 is 28.7 Å². The highest BCUT2D eigenvalue weighted by Gasteiger charge is 2.53. The maximum absolute atomic E-state index is 11.7. The number of hydrogen-bond donors (Lipinski definition) is 2. The molecule has 1 saturated heterocycles. The topological polar surface area (TPSA) is 73.1 Å². The molecule has 2 heterocycles. The van der Waals surface area contributed by atoms with Crippen LogP contribution in [0.2, 0.25) is 16.6 Å². The van der Waals surface area contributed by atoms with E-state index in [0.29, 0.717) is 29.8 Å². The summed E-state index contributed by atoms with van der Waals surface area (Å²) in [6.45, 7) is 14.7. The van der Waals surface area contributed by atoms with Crippen molar-refractivity contribution in [3.05, 3.63) is 95.8 Å². The third-order valence-corrected chi connectivity index (χ3v) is 15.4. The van der Waals surface area contributed by atoms with Crippen molar-refractivity contribution < 1.29 is 24.4 Å². The fourth-order valence-electron chi connectivity index (χ4n) is 6.94. The summed E-state index contributed by atoms with van der Waals surface area (Å²) in [4.78, 5) is 0. The molecule has 0 unspecified atom stereocenters. The van der Waals surface area contributed by atoms with Gasteiger partial charge in [0.25, 0.3) is 0 Å². The van der Waals surface area contributed by atoms with Crippen molar-refractivity contribution >= 4 is 8.24 Å². The first-order valence-electron chi connectivity index (χ1n) is 14.6. The minimum Gasteiger partial charge on any atom is -0.386 e. The normalized spacial score (nSPS) is 22.5. The summed E-state index contributed by atoms with van der Waals surface area (Å²) >= 11 is 0. The van der Waals surface area contributed by atoms with Crippen LogP contribution in [0.15, 0.2) is 79.1 Å². The van der Waals surface area contributed by atoms with Crippen LogP contribution in [0, 0.1) is 0 Å². The number of rotatable bonds is 13. The summed E-state index contributed by atoms with van der Waals surface area (Å²) in [6.07, 6.45) is 1.78. The first-order valence-corrected chi connectivity index (χ1v) is 16.7. The van der Waals surface area contributed by atoms with Gasteiger partial charge in [0.1, 0.15) is 23.9 Å². The molecule has 3 aromatic rings. The van der Waals surface area contributed by atoms with E-state index in [2.05, 4.69) is 58.2 Å². The van der Waals surface area contributed by atoms with Crippen molar-refractivity contribution in [2.24, 2.45) is 0 Å². The van der Waals surface area contributed by atoms with Crippen molar-refractivity contribution in [1.82, 2.24) is 4.23 Å². The van der Waals surface area contributed by atoms with Crippen molar-refractivity contribution in [2.75, 3.05) is 13.2 Å². The molecule has 0 radical (unpaired) electrons. The van der Waals surface area contributed by atoms with Gasteiger partial charge in [-0.25, -0.2) is 0 Å². The zero-order valence-corrected chi connectivity index (χ0v) is 25.9.